The number of aliphatic hydroxyl groups is 1. The van der Waals surface area contributed by atoms with Gasteiger partial charge in [-0.15, -0.1) is 5.10 Å². The van der Waals surface area contributed by atoms with Crippen LogP contribution >= 0.6 is 15.9 Å². The Labute approximate surface area is 97.8 Å². The van der Waals surface area contributed by atoms with Gasteiger partial charge in [0, 0.05) is 13.0 Å². The normalized spacial score (nSPS) is 15.7. The van der Waals surface area contributed by atoms with Crippen molar-refractivity contribution in [3.63, 3.8) is 0 Å². The lowest BCUT2D eigenvalue weighted by Gasteiger charge is -2.24. The third-order valence-electron chi connectivity index (χ3n) is 2.64. The van der Waals surface area contributed by atoms with Crippen molar-refractivity contribution in [2.45, 2.75) is 20.0 Å². The smallest absolute Gasteiger partial charge is 0.154 e. The summed E-state index contributed by atoms with van der Waals surface area (Å²) in [5.74, 6) is 0.324. The lowest BCUT2D eigenvalue weighted by Crippen LogP contribution is -2.28. The number of nitrogens with two attached hydrogens (primary N) is 1. The van der Waals surface area contributed by atoms with Crippen molar-refractivity contribution in [3.05, 3.63) is 10.3 Å². The maximum atomic E-state index is 10.2. The Balaban J connectivity index is 2.97. The second kappa shape index (κ2) is 5.05. The zero-order valence-electron chi connectivity index (χ0n) is 9.18. The molecule has 0 aliphatic carbocycles. The molecule has 0 aromatic carbocycles. The molecule has 0 aliphatic rings. The molecule has 0 amide bonds. The molecule has 1 rings (SSSR count). The fourth-order valence-corrected chi connectivity index (χ4v) is 2.18. The van der Waals surface area contributed by atoms with Crippen molar-refractivity contribution < 1.29 is 5.11 Å². The molecule has 6 heteroatoms. The van der Waals surface area contributed by atoms with E-state index in [2.05, 4.69) is 26.2 Å². The molecule has 1 heterocycles. The van der Waals surface area contributed by atoms with Gasteiger partial charge < -0.3 is 10.8 Å². The van der Waals surface area contributed by atoms with Gasteiger partial charge in [0.25, 0.3) is 0 Å². The maximum Gasteiger partial charge on any atom is 0.154 e. The number of nitrogens with zero attached hydrogens (tertiary/aromatic N) is 3. The first-order valence-corrected chi connectivity index (χ1v) is 5.71. The van der Waals surface area contributed by atoms with Crippen LogP contribution in [0.3, 0.4) is 0 Å². The highest BCUT2D eigenvalue weighted by atomic mass is 79.9. The largest absolute Gasteiger partial charge is 0.386 e. The lowest BCUT2D eigenvalue weighted by atomic mass is 9.89. The van der Waals surface area contributed by atoms with Crippen LogP contribution in [0, 0.1) is 11.8 Å². The van der Waals surface area contributed by atoms with Crippen LogP contribution in [0.15, 0.2) is 4.60 Å². The second-order valence-corrected chi connectivity index (χ2v) is 4.73. The van der Waals surface area contributed by atoms with Crippen molar-refractivity contribution in [1.29, 1.82) is 0 Å². The number of rotatable bonds is 4. The van der Waals surface area contributed by atoms with Crippen LogP contribution in [0.4, 0.5) is 0 Å². The predicted molar refractivity (Wildman–Crippen MR) is 61.0 cm³/mol. The lowest BCUT2D eigenvalue weighted by molar-refractivity contribution is 0.0782. The predicted octanol–water partition coefficient (Wildman–Crippen LogP) is 0.842. The molecule has 2 atom stereocenters. The number of halogens is 1. The molecule has 15 heavy (non-hydrogen) atoms. The fourth-order valence-electron chi connectivity index (χ4n) is 1.62. The maximum absolute atomic E-state index is 10.2. The highest BCUT2D eigenvalue weighted by molar-refractivity contribution is 9.10. The molecule has 0 radical (unpaired) electrons. The van der Waals surface area contributed by atoms with Gasteiger partial charge in [-0.3, -0.25) is 0 Å². The summed E-state index contributed by atoms with van der Waals surface area (Å²) in [7, 11) is 1.75. The van der Waals surface area contributed by atoms with Crippen molar-refractivity contribution in [2.24, 2.45) is 24.6 Å². The van der Waals surface area contributed by atoms with E-state index in [1.165, 1.54) is 0 Å². The van der Waals surface area contributed by atoms with E-state index in [4.69, 9.17) is 5.73 Å². The summed E-state index contributed by atoms with van der Waals surface area (Å²) in [6.07, 6.45) is -0.635. The minimum absolute atomic E-state index is 0.0125. The second-order valence-electron chi connectivity index (χ2n) is 3.98. The Morgan fingerprint density at radius 3 is 2.47 bits per heavy atom. The Morgan fingerprint density at radius 2 is 2.13 bits per heavy atom. The summed E-state index contributed by atoms with van der Waals surface area (Å²) in [5, 5.41) is 17.9. The summed E-state index contributed by atoms with van der Waals surface area (Å²) in [6.45, 7) is 4.52. The topological polar surface area (TPSA) is 77.0 Å². The zero-order chi connectivity index (χ0) is 11.6. The summed E-state index contributed by atoms with van der Waals surface area (Å²) >= 11 is 3.27. The first-order valence-electron chi connectivity index (χ1n) is 4.92. The molecule has 0 saturated heterocycles. The standard InChI is InChI=1S/C9H17BrN4O/c1-5(2)6(4-11)8(15)7-9(10)12-13-14(7)3/h5-6,8,15H,4,11H2,1-3H3. The SMILES string of the molecule is CC(C)C(CN)C(O)c1c(Br)nnn1C. The van der Waals surface area contributed by atoms with Crippen LogP contribution in [0.5, 0.6) is 0 Å². The first-order chi connectivity index (χ1) is 6.99. The third kappa shape index (κ3) is 2.56. The number of hydrogen-bond acceptors (Lipinski definition) is 4. The number of aliphatic hydroxyl groups excluding tert-OH is 1. The molecular weight excluding hydrogens is 260 g/mol. The molecule has 0 saturated carbocycles. The van der Waals surface area contributed by atoms with Crippen molar-refractivity contribution in [3.8, 4) is 0 Å². The monoisotopic (exact) mass is 276 g/mol. The van der Waals surface area contributed by atoms with E-state index in [0.717, 1.165) is 0 Å². The van der Waals surface area contributed by atoms with Gasteiger partial charge in [0.1, 0.15) is 11.8 Å². The Kier molecular flexibility index (Phi) is 4.24. The molecule has 86 valence electrons. The molecule has 5 nitrogen and oxygen atoms in total. The zero-order valence-corrected chi connectivity index (χ0v) is 10.8. The molecule has 3 N–H and O–H groups in total. The van der Waals surface area contributed by atoms with Gasteiger partial charge in [-0.05, 0) is 28.4 Å². The average molecular weight is 277 g/mol. The molecule has 0 bridgehead atoms. The molecule has 0 spiro atoms. The highest BCUT2D eigenvalue weighted by Crippen LogP contribution is 2.30. The van der Waals surface area contributed by atoms with E-state index < -0.39 is 6.10 Å². The Morgan fingerprint density at radius 1 is 1.53 bits per heavy atom. The van der Waals surface area contributed by atoms with Crippen LogP contribution in [-0.4, -0.2) is 26.6 Å². The van der Waals surface area contributed by atoms with Crippen molar-refractivity contribution >= 4 is 15.9 Å². The third-order valence-corrected chi connectivity index (χ3v) is 3.21. The van der Waals surface area contributed by atoms with Gasteiger partial charge in [-0.1, -0.05) is 19.1 Å². The van der Waals surface area contributed by atoms with Gasteiger partial charge in [0.2, 0.25) is 0 Å². The Bertz CT molecular complexity index is 306. The first kappa shape index (κ1) is 12.6. The number of hydrogen-bond donors (Lipinski definition) is 2. The van der Waals surface area contributed by atoms with Crippen molar-refractivity contribution in [2.75, 3.05) is 6.54 Å². The van der Waals surface area contributed by atoms with Crippen molar-refractivity contribution in [1.82, 2.24) is 15.0 Å². The molecule has 1 aromatic rings. The highest BCUT2D eigenvalue weighted by Gasteiger charge is 2.27. The molecule has 0 fully saturated rings. The van der Waals surface area contributed by atoms with Gasteiger partial charge in [-0.25, -0.2) is 4.68 Å². The minimum atomic E-state index is -0.635. The van der Waals surface area contributed by atoms with Gasteiger partial charge >= 0.3 is 0 Å². The van der Waals surface area contributed by atoms with Crippen LogP contribution in [0.2, 0.25) is 0 Å². The van der Waals surface area contributed by atoms with Gasteiger partial charge in [-0.2, -0.15) is 0 Å². The van der Waals surface area contributed by atoms with Crippen LogP contribution in [0.25, 0.3) is 0 Å². The van der Waals surface area contributed by atoms with Crippen LogP contribution in [-0.2, 0) is 7.05 Å². The van der Waals surface area contributed by atoms with E-state index in [-0.39, 0.29) is 5.92 Å². The molecular formula is C9H17BrN4O. The van der Waals surface area contributed by atoms with E-state index in [1.54, 1.807) is 11.7 Å². The molecule has 0 aliphatic heterocycles. The molecule has 1 aromatic heterocycles. The summed E-state index contributed by atoms with van der Waals surface area (Å²) in [6, 6.07) is 0. The van der Waals surface area contributed by atoms with Gasteiger partial charge in [0.05, 0.1) is 0 Å². The summed E-state index contributed by atoms with van der Waals surface area (Å²) in [5.41, 5.74) is 6.34. The van der Waals surface area contributed by atoms with E-state index in [1.807, 2.05) is 13.8 Å². The average Bonchev–Trinajstić information content (AvgIpc) is 2.46. The molecule has 2 unspecified atom stereocenters. The summed E-state index contributed by atoms with van der Waals surface area (Å²) < 4.78 is 2.15. The van der Waals surface area contributed by atoms with Gasteiger partial charge in [0.15, 0.2) is 4.60 Å². The number of aryl methyl sites for hydroxylation is 1. The van der Waals surface area contributed by atoms with E-state index in [9.17, 15) is 5.11 Å². The quantitative estimate of drug-likeness (QED) is 0.855. The Hall–Kier alpha value is -0.460. The van der Waals surface area contributed by atoms with E-state index in [0.29, 0.717) is 22.8 Å². The summed E-state index contributed by atoms with van der Waals surface area (Å²) in [4.78, 5) is 0. The van der Waals surface area contributed by atoms with E-state index >= 15 is 0 Å². The fraction of sp³-hybridized carbons (Fsp3) is 0.778. The van der Waals surface area contributed by atoms with Crippen LogP contribution in [0.1, 0.15) is 25.6 Å². The number of aromatic nitrogens is 3. The van der Waals surface area contributed by atoms with Crippen LogP contribution < -0.4 is 5.73 Å². The minimum Gasteiger partial charge on any atom is -0.386 e.